The van der Waals surface area contributed by atoms with Gasteiger partial charge >= 0.3 is 0 Å². The van der Waals surface area contributed by atoms with E-state index in [-0.39, 0.29) is 6.04 Å². The molecule has 0 bridgehead atoms. The van der Waals surface area contributed by atoms with Crippen LogP contribution in [0.4, 0.5) is 0 Å². The first-order valence-electron chi connectivity index (χ1n) is 4.90. The van der Waals surface area contributed by atoms with E-state index in [2.05, 4.69) is 18.5 Å². The van der Waals surface area contributed by atoms with Gasteiger partial charge in [0.15, 0.2) is 0 Å². The molecule has 0 aliphatic carbocycles. The van der Waals surface area contributed by atoms with Crippen LogP contribution in [-0.4, -0.2) is 23.3 Å². The Morgan fingerprint density at radius 3 is 2.38 bits per heavy atom. The van der Waals surface area contributed by atoms with Gasteiger partial charge in [-0.1, -0.05) is 12.2 Å². The normalized spacial score (nSPS) is 23.0. The predicted octanol–water partition coefficient (Wildman–Crippen LogP) is 1.62. The Kier molecular flexibility index (Phi) is 3.70. The average Bonchev–Trinajstić information content (AvgIpc) is 2.57. The number of hydrogen-bond acceptors (Lipinski definition) is 2. The van der Waals surface area contributed by atoms with Crippen LogP contribution in [0.2, 0.25) is 0 Å². The smallest absolute Gasteiger partial charge is 0.0868 e. The third-order valence-corrected chi connectivity index (χ3v) is 2.70. The van der Waals surface area contributed by atoms with Gasteiger partial charge in [-0.2, -0.15) is 0 Å². The SMILES string of the molecule is C=CCC(O)(CC=C)C1CCCN1. The van der Waals surface area contributed by atoms with Gasteiger partial charge in [-0.05, 0) is 32.2 Å². The molecule has 74 valence electrons. The lowest BCUT2D eigenvalue weighted by Gasteiger charge is -2.32. The van der Waals surface area contributed by atoms with Crippen molar-refractivity contribution in [3.8, 4) is 0 Å². The van der Waals surface area contributed by atoms with Gasteiger partial charge in [0.05, 0.1) is 5.60 Å². The van der Waals surface area contributed by atoms with E-state index in [0.29, 0.717) is 12.8 Å². The lowest BCUT2D eigenvalue weighted by molar-refractivity contribution is 0.0131. The summed E-state index contributed by atoms with van der Waals surface area (Å²) in [4.78, 5) is 0. The second kappa shape index (κ2) is 4.58. The van der Waals surface area contributed by atoms with Crippen LogP contribution in [0.1, 0.15) is 25.7 Å². The summed E-state index contributed by atoms with van der Waals surface area (Å²) in [6, 6.07) is 0.212. The van der Waals surface area contributed by atoms with Crippen molar-refractivity contribution < 1.29 is 5.11 Å². The van der Waals surface area contributed by atoms with Gasteiger partial charge in [-0.3, -0.25) is 0 Å². The van der Waals surface area contributed by atoms with Crippen LogP contribution < -0.4 is 5.32 Å². The fraction of sp³-hybridized carbons (Fsp3) is 0.636. The summed E-state index contributed by atoms with van der Waals surface area (Å²) in [5.74, 6) is 0. The third-order valence-electron chi connectivity index (χ3n) is 2.70. The molecule has 0 amide bonds. The van der Waals surface area contributed by atoms with E-state index >= 15 is 0 Å². The van der Waals surface area contributed by atoms with Crippen LogP contribution in [0.15, 0.2) is 25.3 Å². The Hall–Kier alpha value is -0.600. The molecule has 2 N–H and O–H groups in total. The van der Waals surface area contributed by atoms with Crippen LogP contribution in [0, 0.1) is 0 Å². The van der Waals surface area contributed by atoms with Crippen molar-refractivity contribution in [1.29, 1.82) is 0 Å². The maximum absolute atomic E-state index is 10.3. The molecule has 0 spiro atoms. The van der Waals surface area contributed by atoms with Crippen LogP contribution >= 0.6 is 0 Å². The molecule has 0 aromatic heterocycles. The van der Waals surface area contributed by atoms with Crippen molar-refractivity contribution >= 4 is 0 Å². The highest BCUT2D eigenvalue weighted by molar-refractivity contribution is 5.01. The van der Waals surface area contributed by atoms with E-state index in [1.165, 1.54) is 0 Å². The zero-order chi connectivity index (χ0) is 9.73. The number of aliphatic hydroxyl groups is 1. The Balaban J connectivity index is 2.62. The summed E-state index contributed by atoms with van der Waals surface area (Å²) in [5.41, 5.74) is -0.667. The molecule has 1 aliphatic heterocycles. The van der Waals surface area contributed by atoms with Crippen molar-refractivity contribution in [1.82, 2.24) is 5.32 Å². The summed E-state index contributed by atoms with van der Waals surface area (Å²) in [6.45, 7) is 8.37. The molecular formula is C11H19NO. The minimum Gasteiger partial charge on any atom is -0.388 e. The summed E-state index contributed by atoms with van der Waals surface area (Å²) >= 11 is 0. The van der Waals surface area contributed by atoms with Gasteiger partial charge in [0.1, 0.15) is 0 Å². The number of rotatable bonds is 5. The molecule has 2 nitrogen and oxygen atoms in total. The van der Waals surface area contributed by atoms with Crippen molar-refractivity contribution in [3.63, 3.8) is 0 Å². The molecule has 13 heavy (non-hydrogen) atoms. The molecule has 1 saturated heterocycles. The molecule has 1 aliphatic rings. The Labute approximate surface area is 80.3 Å². The number of nitrogens with one attached hydrogen (secondary N) is 1. The van der Waals surface area contributed by atoms with Crippen molar-refractivity contribution in [2.75, 3.05) is 6.54 Å². The highest BCUT2D eigenvalue weighted by Gasteiger charge is 2.35. The third kappa shape index (κ3) is 2.42. The largest absolute Gasteiger partial charge is 0.388 e. The number of hydrogen-bond donors (Lipinski definition) is 2. The Morgan fingerprint density at radius 1 is 1.38 bits per heavy atom. The molecule has 0 radical (unpaired) electrons. The minimum absolute atomic E-state index is 0.212. The second-order valence-electron chi connectivity index (χ2n) is 3.74. The maximum Gasteiger partial charge on any atom is 0.0868 e. The van der Waals surface area contributed by atoms with Gasteiger partial charge in [0.2, 0.25) is 0 Å². The lowest BCUT2D eigenvalue weighted by atomic mass is 9.86. The predicted molar refractivity (Wildman–Crippen MR) is 55.6 cm³/mol. The quantitative estimate of drug-likeness (QED) is 0.632. The first-order valence-corrected chi connectivity index (χ1v) is 4.90. The van der Waals surface area contributed by atoms with Crippen molar-refractivity contribution in [2.24, 2.45) is 0 Å². The molecule has 1 heterocycles. The fourth-order valence-electron chi connectivity index (χ4n) is 2.01. The fourth-order valence-corrected chi connectivity index (χ4v) is 2.01. The molecule has 1 unspecified atom stereocenters. The highest BCUT2D eigenvalue weighted by Crippen LogP contribution is 2.26. The molecular weight excluding hydrogens is 162 g/mol. The van der Waals surface area contributed by atoms with Crippen LogP contribution in [0.25, 0.3) is 0 Å². The van der Waals surface area contributed by atoms with E-state index in [1.54, 1.807) is 12.2 Å². The molecule has 0 aromatic carbocycles. The van der Waals surface area contributed by atoms with E-state index in [1.807, 2.05) is 0 Å². The van der Waals surface area contributed by atoms with Crippen LogP contribution in [-0.2, 0) is 0 Å². The van der Waals surface area contributed by atoms with E-state index < -0.39 is 5.60 Å². The van der Waals surface area contributed by atoms with Crippen molar-refractivity contribution in [3.05, 3.63) is 25.3 Å². The minimum atomic E-state index is -0.667. The van der Waals surface area contributed by atoms with E-state index in [0.717, 1.165) is 19.4 Å². The molecule has 2 heteroatoms. The van der Waals surface area contributed by atoms with Gasteiger partial charge in [0, 0.05) is 6.04 Å². The van der Waals surface area contributed by atoms with Crippen molar-refractivity contribution in [2.45, 2.75) is 37.3 Å². The highest BCUT2D eigenvalue weighted by atomic mass is 16.3. The zero-order valence-electron chi connectivity index (χ0n) is 8.13. The molecule has 1 atom stereocenters. The Morgan fingerprint density at radius 2 is 2.00 bits per heavy atom. The maximum atomic E-state index is 10.3. The first-order chi connectivity index (χ1) is 6.23. The monoisotopic (exact) mass is 181 g/mol. The van der Waals surface area contributed by atoms with E-state index in [9.17, 15) is 5.11 Å². The van der Waals surface area contributed by atoms with Crippen LogP contribution in [0.5, 0.6) is 0 Å². The molecule has 0 saturated carbocycles. The van der Waals surface area contributed by atoms with Gasteiger partial charge in [-0.25, -0.2) is 0 Å². The zero-order valence-corrected chi connectivity index (χ0v) is 8.13. The summed E-state index contributed by atoms with van der Waals surface area (Å²) < 4.78 is 0. The summed E-state index contributed by atoms with van der Waals surface area (Å²) in [5, 5.41) is 13.6. The Bertz CT molecular complexity index is 173. The van der Waals surface area contributed by atoms with Crippen LogP contribution in [0.3, 0.4) is 0 Å². The standard InChI is InChI=1S/C11H19NO/c1-3-7-11(13,8-4-2)10-6-5-9-12-10/h3-4,10,12-13H,1-2,5-9H2. The van der Waals surface area contributed by atoms with Gasteiger partial charge < -0.3 is 10.4 Å². The molecule has 1 rings (SSSR count). The van der Waals surface area contributed by atoms with Gasteiger partial charge in [0.25, 0.3) is 0 Å². The van der Waals surface area contributed by atoms with Gasteiger partial charge in [-0.15, -0.1) is 13.2 Å². The summed E-state index contributed by atoms with van der Waals surface area (Å²) in [6.07, 6.45) is 7.04. The van der Waals surface area contributed by atoms with E-state index in [4.69, 9.17) is 0 Å². The molecule has 0 aromatic rings. The second-order valence-corrected chi connectivity index (χ2v) is 3.74. The average molecular weight is 181 g/mol. The molecule has 1 fully saturated rings. The topological polar surface area (TPSA) is 32.3 Å². The lowest BCUT2D eigenvalue weighted by Crippen LogP contribution is -2.47. The first kappa shape index (κ1) is 10.5. The summed E-state index contributed by atoms with van der Waals surface area (Å²) in [7, 11) is 0.